The minimum Gasteiger partial charge on any atom is -0.497 e. The molecular weight excluding hydrogens is 843 g/mol. The summed E-state index contributed by atoms with van der Waals surface area (Å²) < 4.78 is 34.1. The second kappa shape index (κ2) is 21.7. The fraction of sp³-hybridized carbons (Fsp3) is 0.600. The summed E-state index contributed by atoms with van der Waals surface area (Å²) in [5, 5.41) is 30.9. The Labute approximate surface area is 373 Å². The Hall–Kier alpha value is -4.15. The molecule has 0 spiro atoms. The maximum absolute atomic E-state index is 14.4. The lowest BCUT2D eigenvalue weighted by Crippen LogP contribution is -2.58. The van der Waals surface area contributed by atoms with E-state index in [1.54, 1.807) is 38.3 Å². The zero-order valence-electron chi connectivity index (χ0n) is 39.1. The van der Waals surface area contributed by atoms with Crippen LogP contribution in [0.5, 0.6) is 5.75 Å². The van der Waals surface area contributed by atoms with Crippen molar-refractivity contribution in [2.75, 3.05) is 26.8 Å². The van der Waals surface area contributed by atoms with E-state index in [1.165, 1.54) is 16.8 Å². The smallest absolute Gasteiger partial charge is 0.408 e. The number of ether oxygens (including phenoxy) is 3. The molecular formula is C45H71N5O11Si2. The van der Waals surface area contributed by atoms with Gasteiger partial charge in [-0.3, -0.25) is 18.7 Å². The quantitative estimate of drug-likeness (QED) is 0.0762. The number of alkyl carbamates (subject to hydrolysis) is 1. The summed E-state index contributed by atoms with van der Waals surface area (Å²) in [6.07, 6.45) is -4.26. The molecule has 1 fully saturated rings. The molecule has 1 aromatic heterocycles. The fourth-order valence-electron chi connectivity index (χ4n) is 6.51. The molecule has 1 unspecified atom stereocenters. The van der Waals surface area contributed by atoms with Crippen molar-refractivity contribution in [3.8, 4) is 5.75 Å². The van der Waals surface area contributed by atoms with Gasteiger partial charge in [0.25, 0.3) is 5.56 Å². The minimum atomic E-state index is -2.65. The van der Waals surface area contributed by atoms with Gasteiger partial charge in [-0.1, -0.05) is 84.0 Å². The van der Waals surface area contributed by atoms with Crippen molar-refractivity contribution < 1.29 is 42.9 Å². The van der Waals surface area contributed by atoms with Gasteiger partial charge in [-0.05, 0) is 79.4 Å². The molecule has 0 bridgehead atoms. The Morgan fingerprint density at radius 1 is 0.857 bits per heavy atom. The lowest BCUT2D eigenvalue weighted by molar-refractivity contribution is -0.122. The normalized spacial score (nSPS) is 19.8. The van der Waals surface area contributed by atoms with Crippen LogP contribution in [0.2, 0.25) is 36.3 Å². The number of rotatable bonds is 20. The van der Waals surface area contributed by atoms with E-state index in [9.17, 15) is 29.4 Å². The third-order valence-corrected chi connectivity index (χ3v) is 21.5. The number of benzene rings is 2. The average molecular weight is 914 g/mol. The van der Waals surface area contributed by atoms with Crippen LogP contribution in [-0.2, 0) is 36.3 Å². The molecule has 63 heavy (non-hydrogen) atoms. The van der Waals surface area contributed by atoms with Crippen molar-refractivity contribution in [2.24, 2.45) is 0 Å². The maximum atomic E-state index is 14.4. The fourth-order valence-corrected chi connectivity index (χ4v) is 9.10. The van der Waals surface area contributed by atoms with Gasteiger partial charge in [0.15, 0.2) is 22.9 Å². The monoisotopic (exact) mass is 913 g/mol. The molecule has 2 amide bonds. The number of aliphatic hydroxyl groups is 2. The molecule has 7 atom stereocenters. The predicted molar refractivity (Wildman–Crippen MR) is 247 cm³/mol. The zero-order valence-corrected chi connectivity index (χ0v) is 41.1. The molecule has 1 saturated heterocycles. The van der Waals surface area contributed by atoms with E-state index in [-0.39, 0.29) is 36.3 Å². The highest BCUT2D eigenvalue weighted by atomic mass is 28.4. The number of carbonyl (C=O) groups is 2. The predicted octanol–water partition coefficient (Wildman–Crippen LogP) is 4.88. The first-order valence-electron chi connectivity index (χ1n) is 21.6. The third kappa shape index (κ3) is 13.4. The van der Waals surface area contributed by atoms with Crippen molar-refractivity contribution >= 4 is 28.6 Å². The standard InChI is InChI=1S/C45H71N5O11Si2/c1-30(48-42(55)58-29-32-17-14-13-15-18-32)40(54)47-25-16-24-46-34(28-51)36(53)37-38(60-62(9,10)44(2,3)4)39(61-63(11,12)45(5,6)7)41(59-37)49-26-23-35(52)50(43(49)56)27-31-19-21-33(57-8)22-20-31/h13-15,17-23,26,30,34,36-39,41,46,51,53H,16,24-25,27-29H2,1-12H3,(H,47,54)(H,48,55)/t30-,34-,36?,37+,38+,39+,41+/m0/s1. The highest BCUT2D eigenvalue weighted by Gasteiger charge is 2.57. The number of nitrogens with zero attached hydrogens (tertiary/aromatic N) is 2. The first kappa shape index (κ1) is 51.5. The average Bonchev–Trinajstić information content (AvgIpc) is 3.54. The molecule has 16 nitrogen and oxygen atoms in total. The summed E-state index contributed by atoms with van der Waals surface area (Å²) in [6.45, 7) is 22.7. The van der Waals surface area contributed by atoms with Crippen LogP contribution in [0, 0.1) is 0 Å². The van der Waals surface area contributed by atoms with Gasteiger partial charge in [0.1, 0.15) is 42.8 Å². The van der Waals surface area contributed by atoms with Gasteiger partial charge in [0.05, 0.1) is 26.3 Å². The summed E-state index contributed by atoms with van der Waals surface area (Å²) in [5.74, 6) is 0.235. The molecule has 1 aliphatic rings. The van der Waals surface area contributed by atoms with E-state index in [4.69, 9.17) is 23.1 Å². The third-order valence-electron chi connectivity index (χ3n) is 12.5. The van der Waals surface area contributed by atoms with Crippen molar-refractivity contribution in [2.45, 2.75) is 147 Å². The van der Waals surface area contributed by atoms with E-state index in [0.717, 1.165) is 10.1 Å². The highest BCUT2D eigenvalue weighted by Crippen LogP contribution is 2.46. The Morgan fingerprint density at radius 3 is 2.03 bits per heavy atom. The number of amides is 2. The zero-order chi connectivity index (χ0) is 46.9. The first-order chi connectivity index (χ1) is 29.4. The van der Waals surface area contributed by atoms with Gasteiger partial charge >= 0.3 is 11.8 Å². The van der Waals surface area contributed by atoms with Gasteiger partial charge in [0, 0.05) is 18.8 Å². The van der Waals surface area contributed by atoms with Gasteiger partial charge in [0.2, 0.25) is 5.91 Å². The minimum absolute atomic E-state index is 0.00733. The number of methoxy groups -OCH3 is 1. The Balaban J connectivity index is 1.57. The van der Waals surface area contributed by atoms with Gasteiger partial charge in [-0.2, -0.15) is 0 Å². The van der Waals surface area contributed by atoms with Crippen molar-refractivity contribution in [3.63, 3.8) is 0 Å². The molecule has 4 rings (SSSR count). The number of aliphatic hydroxyl groups excluding tert-OH is 2. The molecule has 0 saturated carbocycles. The molecule has 2 aromatic carbocycles. The van der Waals surface area contributed by atoms with E-state index in [1.807, 2.05) is 30.3 Å². The summed E-state index contributed by atoms with van der Waals surface area (Å²) in [4.78, 5) is 52.8. The van der Waals surface area contributed by atoms with E-state index < -0.39 is 89.2 Å². The Bertz CT molecular complexity index is 2070. The largest absolute Gasteiger partial charge is 0.497 e. The van der Waals surface area contributed by atoms with Crippen LogP contribution in [0.1, 0.15) is 72.2 Å². The van der Waals surface area contributed by atoms with Crippen LogP contribution >= 0.6 is 0 Å². The van der Waals surface area contributed by atoms with Crippen LogP contribution in [0.3, 0.4) is 0 Å². The van der Waals surface area contributed by atoms with Crippen LogP contribution in [-0.4, -0.2) is 111 Å². The number of hydrogen-bond acceptors (Lipinski definition) is 12. The summed E-state index contributed by atoms with van der Waals surface area (Å²) in [6, 6.07) is 15.8. The van der Waals surface area contributed by atoms with Crippen LogP contribution < -0.4 is 31.9 Å². The molecule has 2 heterocycles. The van der Waals surface area contributed by atoms with Gasteiger partial charge < -0.3 is 49.2 Å². The lowest BCUT2D eigenvalue weighted by atomic mass is 10.00. The summed E-state index contributed by atoms with van der Waals surface area (Å²) in [5.41, 5.74) is 0.412. The van der Waals surface area contributed by atoms with E-state index >= 15 is 0 Å². The van der Waals surface area contributed by atoms with Gasteiger partial charge in [-0.15, -0.1) is 0 Å². The second-order valence-electron chi connectivity index (χ2n) is 19.3. The Morgan fingerprint density at radius 2 is 1.46 bits per heavy atom. The maximum Gasteiger partial charge on any atom is 0.408 e. The molecule has 3 aromatic rings. The number of aromatic nitrogens is 2. The molecule has 18 heteroatoms. The molecule has 1 aliphatic heterocycles. The second-order valence-corrected chi connectivity index (χ2v) is 28.8. The van der Waals surface area contributed by atoms with Crippen molar-refractivity contribution in [1.29, 1.82) is 0 Å². The van der Waals surface area contributed by atoms with Crippen LogP contribution in [0.15, 0.2) is 76.4 Å². The molecule has 5 N–H and O–H groups in total. The summed E-state index contributed by atoms with van der Waals surface area (Å²) >= 11 is 0. The van der Waals surface area contributed by atoms with Crippen molar-refractivity contribution in [1.82, 2.24) is 25.1 Å². The van der Waals surface area contributed by atoms with Crippen LogP contribution in [0.4, 0.5) is 4.79 Å². The topological polar surface area (TPSA) is 201 Å². The SMILES string of the molecule is COc1ccc(Cn2c(=O)ccn([C@@H]3O[C@H](C(O)[C@H](CO)NCCCNC(=O)[C@H](C)NC(=O)OCc4ccccc4)[C@@H](O[Si](C)(C)C(C)(C)C)[C@H]3O[Si](C)(C)C(C)(C)C)c2=O)cc1. The number of nitrogens with one attached hydrogen (secondary N) is 3. The molecule has 0 aliphatic carbocycles. The van der Waals surface area contributed by atoms with Gasteiger partial charge in [-0.25, -0.2) is 9.59 Å². The lowest BCUT2D eigenvalue weighted by Gasteiger charge is -2.44. The van der Waals surface area contributed by atoms with E-state index in [2.05, 4.69) is 83.7 Å². The molecule has 350 valence electrons. The number of carbonyl (C=O) groups excluding carboxylic acids is 2. The number of hydrogen-bond donors (Lipinski definition) is 5. The summed E-state index contributed by atoms with van der Waals surface area (Å²) in [7, 11) is -3.73. The Kier molecular flexibility index (Phi) is 17.7. The highest BCUT2D eigenvalue weighted by molar-refractivity contribution is 6.74. The van der Waals surface area contributed by atoms with E-state index in [0.29, 0.717) is 17.7 Å². The van der Waals surface area contributed by atoms with Crippen molar-refractivity contribution in [3.05, 3.63) is 98.8 Å². The van der Waals surface area contributed by atoms with Crippen LogP contribution in [0.25, 0.3) is 0 Å². The molecule has 0 radical (unpaired) electrons. The first-order valence-corrected chi connectivity index (χ1v) is 27.5.